The second kappa shape index (κ2) is 5.83. The zero-order valence-corrected chi connectivity index (χ0v) is 12.0. The van der Waals surface area contributed by atoms with Crippen molar-refractivity contribution in [3.63, 3.8) is 0 Å². The number of rotatable bonds is 4. The molecule has 1 heterocycles. The molecule has 1 aromatic heterocycles. The van der Waals surface area contributed by atoms with E-state index in [9.17, 15) is 5.11 Å². The molecule has 0 radical (unpaired) electrons. The third-order valence-electron chi connectivity index (χ3n) is 2.86. The van der Waals surface area contributed by atoms with Crippen molar-refractivity contribution in [2.75, 3.05) is 0 Å². The molecule has 18 heavy (non-hydrogen) atoms. The van der Waals surface area contributed by atoms with E-state index in [-0.39, 0.29) is 0 Å². The lowest BCUT2D eigenvalue weighted by molar-refractivity contribution is 0.178. The first-order valence-corrected chi connectivity index (χ1v) is 7.14. The van der Waals surface area contributed by atoms with E-state index in [1.54, 1.807) is 6.20 Å². The molecule has 4 heteroatoms. The van der Waals surface area contributed by atoms with Crippen LogP contribution in [-0.4, -0.2) is 10.1 Å². The molecule has 1 unspecified atom stereocenters. The zero-order valence-electron chi connectivity index (χ0n) is 10.4. The number of benzene rings is 1. The van der Waals surface area contributed by atoms with Gasteiger partial charge in [-0.25, -0.2) is 4.98 Å². The number of aromatic nitrogens is 1. The molecule has 0 fully saturated rings. The fourth-order valence-corrected chi connectivity index (χ4v) is 2.69. The summed E-state index contributed by atoms with van der Waals surface area (Å²) in [6.07, 6.45) is 1.57. The Labute approximate surface area is 116 Å². The smallest absolute Gasteiger partial charge is 0.123 e. The van der Waals surface area contributed by atoms with Gasteiger partial charge in [-0.2, -0.15) is 0 Å². The molecule has 2 aromatic rings. The van der Waals surface area contributed by atoms with Crippen LogP contribution in [0.3, 0.4) is 0 Å². The Morgan fingerprint density at radius 2 is 1.94 bits per heavy atom. The van der Waals surface area contributed by atoms with Gasteiger partial charge in [-0.1, -0.05) is 49.7 Å². The number of thiazole rings is 1. The predicted molar refractivity (Wildman–Crippen MR) is 76.3 cm³/mol. The third-order valence-corrected chi connectivity index (χ3v) is 4.07. The van der Waals surface area contributed by atoms with E-state index in [1.165, 1.54) is 16.9 Å². The number of halogens is 1. The minimum atomic E-state index is -0.576. The summed E-state index contributed by atoms with van der Waals surface area (Å²) in [6, 6.07) is 8.35. The average molecular weight is 282 g/mol. The van der Waals surface area contributed by atoms with Crippen molar-refractivity contribution >= 4 is 22.9 Å². The van der Waals surface area contributed by atoms with Crippen LogP contribution in [0.15, 0.2) is 30.5 Å². The molecule has 0 amide bonds. The molecule has 1 aromatic carbocycles. The Balaban J connectivity index is 2.05. The van der Waals surface area contributed by atoms with Crippen molar-refractivity contribution in [1.29, 1.82) is 0 Å². The topological polar surface area (TPSA) is 33.1 Å². The summed E-state index contributed by atoms with van der Waals surface area (Å²) in [4.78, 5) is 4.09. The highest BCUT2D eigenvalue weighted by atomic mass is 35.5. The van der Waals surface area contributed by atoms with E-state index in [0.717, 1.165) is 5.56 Å². The highest BCUT2D eigenvalue weighted by molar-refractivity contribution is 7.15. The second-order valence-electron chi connectivity index (χ2n) is 4.62. The fraction of sp³-hybridized carbons (Fsp3) is 0.357. The van der Waals surface area contributed by atoms with E-state index in [2.05, 4.69) is 43.1 Å². The van der Waals surface area contributed by atoms with Crippen LogP contribution in [0.5, 0.6) is 0 Å². The SMILES string of the molecule is CC(C)c1ccc(CC(O)c2ncc(Cl)s2)cc1. The molecule has 96 valence electrons. The molecule has 0 saturated carbocycles. The van der Waals surface area contributed by atoms with Gasteiger partial charge < -0.3 is 5.11 Å². The summed E-state index contributed by atoms with van der Waals surface area (Å²) < 4.78 is 0.610. The molecular weight excluding hydrogens is 266 g/mol. The average Bonchev–Trinajstić information content (AvgIpc) is 2.76. The summed E-state index contributed by atoms with van der Waals surface area (Å²) in [7, 11) is 0. The van der Waals surface area contributed by atoms with Gasteiger partial charge in [0.15, 0.2) is 0 Å². The zero-order chi connectivity index (χ0) is 13.1. The highest BCUT2D eigenvalue weighted by Crippen LogP contribution is 2.26. The fourth-order valence-electron chi connectivity index (χ4n) is 1.77. The van der Waals surface area contributed by atoms with Gasteiger partial charge in [0, 0.05) is 6.42 Å². The van der Waals surface area contributed by atoms with Crippen LogP contribution in [0.25, 0.3) is 0 Å². The summed E-state index contributed by atoms with van der Waals surface area (Å²) in [5.41, 5.74) is 2.42. The first kappa shape index (κ1) is 13.5. The van der Waals surface area contributed by atoms with E-state index in [0.29, 0.717) is 21.7 Å². The van der Waals surface area contributed by atoms with Gasteiger partial charge in [0.05, 0.1) is 6.20 Å². The molecule has 0 aliphatic rings. The van der Waals surface area contributed by atoms with Crippen molar-refractivity contribution in [1.82, 2.24) is 4.98 Å². The molecule has 1 atom stereocenters. The first-order chi connectivity index (χ1) is 8.56. The number of nitrogens with zero attached hydrogens (tertiary/aromatic N) is 1. The van der Waals surface area contributed by atoms with Crippen LogP contribution in [0.4, 0.5) is 0 Å². The number of hydrogen-bond acceptors (Lipinski definition) is 3. The summed E-state index contributed by atoms with van der Waals surface area (Å²) >= 11 is 7.14. The van der Waals surface area contributed by atoms with E-state index < -0.39 is 6.10 Å². The van der Waals surface area contributed by atoms with E-state index in [4.69, 9.17) is 11.6 Å². The lowest BCUT2D eigenvalue weighted by Gasteiger charge is -2.09. The van der Waals surface area contributed by atoms with E-state index in [1.807, 2.05) is 0 Å². The van der Waals surface area contributed by atoms with Crippen molar-refractivity contribution in [2.24, 2.45) is 0 Å². The van der Waals surface area contributed by atoms with Crippen molar-refractivity contribution < 1.29 is 5.11 Å². The Hall–Kier alpha value is -0.900. The third kappa shape index (κ3) is 3.31. The predicted octanol–water partition coefficient (Wildman–Crippen LogP) is 4.20. The molecule has 0 bridgehead atoms. The van der Waals surface area contributed by atoms with Gasteiger partial charge in [-0.05, 0) is 17.0 Å². The number of aliphatic hydroxyl groups excluding tert-OH is 1. The maximum absolute atomic E-state index is 10.1. The maximum atomic E-state index is 10.1. The van der Waals surface area contributed by atoms with Gasteiger partial charge in [0.2, 0.25) is 0 Å². The maximum Gasteiger partial charge on any atom is 0.123 e. The normalized spacial score (nSPS) is 12.9. The second-order valence-corrected chi connectivity index (χ2v) is 6.31. The summed E-state index contributed by atoms with van der Waals surface area (Å²) in [6.45, 7) is 4.34. The lowest BCUT2D eigenvalue weighted by Crippen LogP contribution is -2.01. The monoisotopic (exact) mass is 281 g/mol. The van der Waals surface area contributed by atoms with Gasteiger partial charge in [0.1, 0.15) is 15.4 Å². The van der Waals surface area contributed by atoms with Crippen LogP contribution in [0, 0.1) is 0 Å². The van der Waals surface area contributed by atoms with Crippen LogP contribution < -0.4 is 0 Å². The van der Waals surface area contributed by atoms with E-state index >= 15 is 0 Å². The Bertz CT molecular complexity index is 507. The Morgan fingerprint density at radius 3 is 2.44 bits per heavy atom. The standard InChI is InChI=1S/C14H16ClNOS/c1-9(2)11-5-3-10(4-6-11)7-12(17)14-16-8-13(15)18-14/h3-6,8-9,12,17H,7H2,1-2H3. The van der Waals surface area contributed by atoms with Crippen molar-refractivity contribution in [3.05, 3.63) is 50.9 Å². The lowest BCUT2D eigenvalue weighted by atomic mass is 10.00. The first-order valence-electron chi connectivity index (χ1n) is 5.94. The quantitative estimate of drug-likeness (QED) is 0.911. The molecule has 0 aliphatic carbocycles. The van der Waals surface area contributed by atoms with Crippen LogP contribution >= 0.6 is 22.9 Å². The van der Waals surface area contributed by atoms with Gasteiger partial charge in [0.25, 0.3) is 0 Å². The van der Waals surface area contributed by atoms with Crippen LogP contribution in [0.2, 0.25) is 4.34 Å². The minimum Gasteiger partial charge on any atom is -0.386 e. The van der Waals surface area contributed by atoms with Crippen molar-refractivity contribution in [2.45, 2.75) is 32.3 Å². The number of aliphatic hydroxyl groups is 1. The van der Waals surface area contributed by atoms with Gasteiger partial charge >= 0.3 is 0 Å². The van der Waals surface area contributed by atoms with Gasteiger partial charge in [-0.15, -0.1) is 11.3 Å². The highest BCUT2D eigenvalue weighted by Gasteiger charge is 2.12. The Kier molecular flexibility index (Phi) is 4.38. The molecule has 2 rings (SSSR count). The number of hydrogen-bond donors (Lipinski definition) is 1. The van der Waals surface area contributed by atoms with Gasteiger partial charge in [-0.3, -0.25) is 0 Å². The molecule has 0 saturated heterocycles. The summed E-state index contributed by atoms with van der Waals surface area (Å²) in [5.74, 6) is 0.529. The van der Waals surface area contributed by atoms with Crippen molar-refractivity contribution in [3.8, 4) is 0 Å². The molecule has 1 N–H and O–H groups in total. The summed E-state index contributed by atoms with van der Waals surface area (Å²) in [5, 5.41) is 10.7. The molecule has 0 spiro atoms. The van der Waals surface area contributed by atoms with Crippen LogP contribution in [0.1, 0.15) is 42.0 Å². The molecule has 0 aliphatic heterocycles. The largest absolute Gasteiger partial charge is 0.386 e. The minimum absolute atomic E-state index is 0.529. The molecule has 2 nitrogen and oxygen atoms in total. The van der Waals surface area contributed by atoms with Crippen LogP contribution in [-0.2, 0) is 6.42 Å². The Morgan fingerprint density at radius 1 is 1.28 bits per heavy atom. The molecular formula is C14H16ClNOS.